The summed E-state index contributed by atoms with van der Waals surface area (Å²) in [5, 5.41) is 3.53. The van der Waals surface area contributed by atoms with Crippen LogP contribution in [0.1, 0.15) is 0 Å². The molecule has 2 nitrogen and oxygen atoms in total. The Bertz CT molecular complexity index is 2900. The third-order valence-corrected chi connectivity index (χ3v) is 10.7. The average molecular weight is 713 g/mol. The van der Waals surface area contributed by atoms with Gasteiger partial charge in [-0.05, 0) is 68.8 Å². The number of hydrogen-bond acceptors (Lipinski definition) is 2. The molecular formula is C54H36N2. The molecule has 0 saturated heterocycles. The first-order chi connectivity index (χ1) is 27.7. The fourth-order valence-corrected chi connectivity index (χ4v) is 7.83. The van der Waals surface area contributed by atoms with Crippen molar-refractivity contribution in [2.24, 2.45) is 0 Å². The van der Waals surface area contributed by atoms with Gasteiger partial charge in [0.05, 0.1) is 22.6 Å². The number of pyridine rings is 2. The van der Waals surface area contributed by atoms with E-state index in [9.17, 15) is 0 Å². The van der Waals surface area contributed by atoms with E-state index in [-0.39, 0.29) is 0 Å². The zero-order chi connectivity index (χ0) is 37.3. The van der Waals surface area contributed by atoms with Gasteiger partial charge in [-0.1, -0.05) is 194 Å². The van der Waals surface area contributed by atoms with Crippen molar-refractivity contribution in [1.82, 2.24) is 9.97 Å². The van der Waals surface area contributed by atoms with Gasteiger partial charge >= 0.3 is 0 Å². The van der Waals surface area contributed by atoms with Crippen molar-refractivity contribution in [2.75, 3.05) is 0 Å². The van der Waals surface area contributed by atoms with Crippen LogP contribution >= 0.6 is 0 Å². The van der Waals surface area contributed by atoms with Gasteiger partial charge < -0.3 is 0 Å². The predicted molar refractivity (Wildman–Crippen MR) is 235 cm³/mol. The normalized spacial score (nSPS) is 11.2. The van der Waals surface area contributed by atoms with Crippen LogP contribution in [0.5, 0.6) is 0 Å². The molecule has 0 atom stereocenters. The Morgan fingerprint density at radius 1 is 0.250 bits per heavy atom. The van der Waals surface area contributed by atoms with Crippen LogP contribution in [0.3, 0.4) is 0 Å². The first-order valence-electron chi connectivity index (χ1n) is 19.1. The standard InChI is InChI=1S/C54H36N2/c1-5-14-41(15-6-1)47-22-13-23-48-53(47)49-34-45(32-33-50(49)56-54(48)44-20-11-4-12-21-44)39-28-24-37(25-29-39)38-26-30-40(31-27-38)46-35-51(42-16-7-2-8-17-42)55-52(36-46)43-18-9-3-10-19-43/h1-36H. The maximum Gasteiger partial charge on any atom is 0.0788 e. The first kappa shape index (κ1) is 33.2. The van der Waals surface area contributed by atoms with E-state index in [0.29, 0.717) is 0 Å². The van der Waals surface area contributed by atoms with Crippen LogP contribution in [-0.2, 0) is 0 Å². The molecule has 0 spiro atoms. The van der Waals surface area contributed by atoms with Crippen molar-refractivity contribution in [1.29, 1.82) is 0 Å². The third-order valence-electron chi connectivity index (χ3n) is 10.7. The number of benzene rings is 8. The second kappa shape index (κ2) is 14.4. The summed E-state index contributed by atoms with van der Waals surface area (Å²) in [6.07, 6.45) is 0. The molecule has 10 aromatic rings. The summed E-state index contributed by atoms with van der Waals surface area (Å²) in [5.74, 6) is 0. The van der Waals surface area contributed by atoms with Crippen LogP contribution in [-0.4, -0.2) is 9.97 Å². The zero-order valence-corrected chi connectivity index (χ0v) is 30.7. The van der Waals surface area contributed by atoms with E-state index in [1.807, 2.05) is 12.1 Å². The molecule has 0 fully saturated rings. The summed E-state index contributed by atoms with van der Waals surface area (Å²) in [7, 11) is 0. The molecule has 0 unspecified atom stereocenters. The van der Waals surface area contributed by atoms with E-state index < -0.39 is 0 Å². The predicted octanol–water partition coefficient (Wildman–Crippen LogP) is 14.5. The highest BCUT2D eigenvalue weighted by molar-refractivity contribution is 6.17. The molecular weight excluding hydrogens is 677 g/mol. The molecule has 8 aromatic carbocycles. The third kappa shape index (κ3) is 6.34. The van der Waals surface area contributed by atoms with E-state index in [0.717, 1.165) is 61.2 Å². The number of rotatable bonds is 7. The minimum Gasteiger partial charge on any atom is -0.248 e. The van der Waals surface area contributed by atoms with Crippen molar-refractivity contribution >= 4 is 21.7 Å². The summed E-state index contributed by atoms with van der Waals surface area (Å²) in [4.78, 5) is 10.3. The molecule has 0 aliphatic heterocycles. The van der Waals surface area contributed by atoms with Gasteiger partial charge in [0, 0.05) is 32.8 Å². The summed E-state index contributed by atoms with van der Waals surface area (Å²) in [5.41, 5.74) is 16.6. The number of hydrogen-bond donors (Lipinski definition) is 0. The summed E-state index contributed by atoms with van der Waals surface area (Å²) in [6.45, 7) is 0. The lowest BCUT2D eigenvalue weighted by Gasteiger charge is -2.15. The summed E-state index contributed by atoms with van der Waals surface area (Å²) < 4.78 is 0. The van der Waals surface area contributed by atoms with Crippen LogP contribution in [0.2, 0.25) is 0 Å². The number of nitrogens with zero attached hydrogens (tertiary/aromatic N) is 2. The molecule has 0 bridgehead atoms. The topological polar surface area (TPSA) is 25.8 Å². The van der Waals surface area contributed by atoms with E-state index in [2.05, 4.69) is 206 Å². The van der Waals surface area contributed by atoms with Crippen molar-refractivity contribution in [3.8, 4) is 78.3 Å². The van der Waals surface area contributed by atoms with Gasteiger partial charge in [-0.3, -0.25) is 0 Å². The van der Waals surface area contributed by atoms with Gasteiger partial charge in [-0.25, -0.2) is 9.97 Å². The Morgan fingerprint density at radius 2 is 0.696 bits per heavy atom. The second-order valence-electron chi connectivity index (χ2n) is 14.2. The minimum atomic E-state index is 0.965. The number of fused-ring (bicyclic) bond motifs is 3. The lowest BCUT2D eigenvalue weighted by atomic mass is 9.91. The Labute approximate surface area is 327 Å². The molecule has 2 heterocycles. The highest BCUT2D eigenvalue weighted by Crippen LogP contribution is 2.40. The molecule has 10 rings (SSSR count). The zero-order valence-electron chi connectivity index (χ0n) is 30.7. The SMILES string of the molecule is c1ccc(-c2cc(-c3ccc(-c4ccc(-c5ccc6nc(-c7ccccc7)c7cccc(-c8ccccc8)c7c6c5)cc4)cc3)cc(-c3ccccc3)n2)cc1. The molecule has 0 amide bonds. The van der Waals surface area contributed by atoms with Crippen LogP contribution < -0.4 is 0 Å². The molecule has 56 heavy (non-hydrogen) atoms. The Morgan fingerprint density at radius 3 is 1.23 bits per heavy atom. The van der Waals surface area contributed by atoms with Crippen LogP contribution in [0.25, 0.3) is 100.0 Å². The van der Waals surface area contributed by atoms with Gasteiger partial charge in [-0.15, -0.1) is 0 Å². The molecule has 0 aliphatic rings. The van der Waals surface area contributed by atoms with Crippen molar-refractivity contribution in [2.45, 2.75) is 0 Å². The van der Waals surface area contributed by atoms with Crippen LogP contribution in [0.4, 0.5) is 0 Å². The molecule has 2 heteroatoms. The molecule has 0 N–H and O–H groups in total. The Kier molecular flexibility index (Phi) is 8.55. The maximum absolute atomic E-state index is 5.26. The van der Waals surface area contributed by atoms with E-state index in [4.69, 9.17) is 9.97 Å². The van der Waals surface area contributed by atoms with Crippen LogP contribution in [0, 0.1) is 0 Å². The van der Waals surface area contributed by atoms with Crippen LogP contribution in [0.15, 0.2) is 218 Å². The lowest BCUT2D eigenvalue weighted by Crippen LogP contribution is -1.92. The minimum absolute atomic E-state index is 0.965. The average Bonchev–Trinajstić information content (AvgIpc) is 3.29. The maximum atomic E-state index is 5.26. The fourth-order valence-electron chi connectivity index (χ4n) is 7.83. The summed E-state index contributed by atoms with van der Waals surface area (Å²) >= 11 is 0. The lowest BCUT2D eigenvalue weighted by molar-refractivity contribution is 1.32. The van der Waals surface area contributed by atoms with Gasteiger partial charge in [0.15, 0.2) is 0 Å². The van der Waals surface area contributed by atoms with Gasteiger partial charge in [0.1, 0.15) is 0 Å². The molecule has 262 valence electrons. The highest BCUT2D eigenvalue weighted by Gasteiger charge is 2.16. The Balaban J connectivity index is 1.00. The summed E-state index contributed by atoms with van der Waals surface area (Å²) in [6, 6.07) is 77.5. The van der Waals surface area contributed by atoms with E-state index in [1.165, 1.54) is 38.8 Å². The molecule has 2 aromatic heterocycles. The van der Waals surface area contributed by atoms with E-state index >= 15 is 0 Å². The fraction of sp³-hybridized carbons (Fsp3) is 0. The van der Waals surface area contributed by atoms with Gasteiger partial charge in [-0.2, -0.15) is 0 Å². The number of aromatic nitrogens is 2. The largest absolute Gasteiger partial charge is 0.248 e. The van der Waals surface area contributed by atoms with E-state index in [1.54, 1.807) is 0 Å². The van der Waals surface area contributed by atoms with Gasteiger partial charge in [0.2, 0.25) is 0 Å². The Hall–Kier alpha value is -7.42. The molecule has 0 aliphatic carbocycles. The quantitative estimate of drug-likeness (QED) is 0.154. The van der Waals surface area contributed by atoms with Crippen molar-refractivity contribution in [3.05, 3.63) is 218 Å². The van der Waals surface area contributed by atoms with Gasteiger partial charge in [0.25, 0.3) is 0 Å². The monoisotopic (exact) mass is 712 g/mol. The highest BCUT2D eigenvalue weighted by atomic mass is 14.7. The second-order valence-corrected chi connectivity index (χ2v) is 14.2. The first-order valence-corrected chi connectivity index (χ1v) is 19.1. The molecule has 0 saturated carbocycles. The van der Waals surface area contributed by atoms with Crippen molar-refractivity contribution in [3.63, 3.8) is 0 Å². The molecule has 0 radical (unpaired) electrons. The van der Waals surface area contributed by atoms with Crippen molar-refractivity contribution < 1.29 is 0 Å². The smallest absolute Gasteiger partial charge is 0.0788 e.